The van der Waals surface area contributed by atoms with Gasteiger partial charge in [0.15, 0.2) is 11.0 Å². The van der Waals surface area contributed by atoms with E-state index in [9.17, 15) is 9.59 Å². The number of esters is 1. The number of anilines is 1. The number of amides is 1. The molecule has 0 saturated heterocycles. The lowest BCUT2D eigenvalue weighted by molar-refractivity contribution is -0.683. The summed E-state index contributed by atoms with van der Waals surface area (Å²) in [4.78, 5) is 27.5. The Hall–Kier alpha value is -2.80. The highest BCUT2D eigenvalue weighted by Crippen LogP contribution is 2.18. The molecule has 0 aliphatic carbocycles. The van der Waals surface area contributed by atoms with Crippen molar-refractivity contribution in [2.45, 2.75) is 24.9 Å². The van der Waals surface area contributed by atoms with Gasteiger partial charge < -0.3 is 10.1 Å². The van der Waals surface area contributed by atoms with Crippen LogP contribution < -0.4 is 9.88 Å². The molecule has 28 heavy (non-hydrogen) atoms. The minimum Gasteiger partial charge on any atom is -0.462 e. The Kier molecular flexibility index (Phi) is 6.71. The van der Waals surface area contributed by atoms with Crippen LogP contribution in [0.2, 0.25) is 0 Å². The van der Waals surface area contributed by atoms with E-state index in [1.54, 1.807) is 24.3 Å². The Morgan fingerprint density at radius 1 is 1.14 bits per heavy atom. The highest BCUT2D eigenvalue weighted by molar-refractivity contribution is 7.99. The molecule has 2 N–H and O–H groups in total. The number of fused-ring (bicyclic) bond motifs is 1. The van der Waals surface area contributed by atoms with Crippen LogP contribution in [0, 0.1) is 0 Å². The normalized spacial score (nSPS) is 10.8. The molecule has 6 nitrogen and oxygen atoms in total. The highest BCUT2D eigenvalue weighted by Gasteiger charge is 2.17. The van der Waals surface area contributed by atoms with Gasteiger partial charge in [-0.3, -0.25) is 4.79 Å². The van der Waals surface area contributed by atoms with Crippen LogP contribution in [0.3, 0.4) is 0 Å². The molecular weight excluding hydrogens is 374 g/mol. The van der Waals surface area contributed by atoms with Gasteiger partial charge in [-0.2, -0.15) is 0 Å². The second-order valence-electron chi connectivity index (χ2n) is 6.41. The first kappa shape index (κ1) is 19.9. The zero-order valence-corrected chi connectivity index (χ0v) is 16.8. The number of aryl methyl sites for hydroxylation is 1. The molecule has 0 radical (unpaired) electrons. The number of carbonyl (C=O) groups is 2. The molecule has 3 aromatic rings. The number of aromatic nitrogens is 2. The van der Waals surface area contributed by atoms with E-state index in [2.05, 4.69) is 10.3 Å². The smallest absolute Gasteiger partial charge is 0.338 e. The molecule has 0 spiro atoms. The van der Waals surface area contributed by atoms with E-state index in [-0.39, 0.29) is 17.6 Å². The average Bonchev–Trinajstić information content (AvgIpc) is 3.03. The Morgan fingerprint density at radius 3 is 2.61 bits per heavy atom. The summed E-state index contributed by atoms with van der Waals surface area (Å²) in [5.41, 5.74) is 3.26. The van der Waals surface area contributed by atoms with Gasteiger partial charge >= 0.3 is 11.1 Å². The minimum absolute atomic E-state index is 0.109. The molecule has 1 heterocycles. The van der Waals surface area contributed by atoms with Gasteiger partial charge in [0.25, 0.3) is 0 Å². The van der Waals surface area contributed by atoms with Gasteiger partial charge in [-0.15, -0.1) is 0 Å². The number of nitrogens with one attached hydrogen (secondary N) is 2. The third-order valence-corrected chi connectivity index (χ3v) is 5.34. The summed E-state index contributed by atoms with van der Waals surface area (Å²) in [5, 5.41) is 3.77. The van der Waals surface area contributed by atoms with Crippen molar-refractivity contribution in [3.05, 3.63) is 54.1 Å². The fourth-order valence-electron chi connectivity index (χ4n) is 2.73. The quantitative estimate of drug-likeness (QED) is 0.263. The first-order chi connectivity index (χ1) is 13.6. The second-order valence-corrected chi connectivity index (χ2v) is 7.37. The molecule has 0 aliphatic rings. The van der Waals surface area contributed by atoms with E-state index in [0.29, 0.717) is 17.9 Å². The summed E-state index contributed by atoms with van der Waals surface area (Å²) in [6, 6.07) is 14.7. The number of imidazole rings is 1. The number of para-hydroxylation sites is 2. The summed E-state index contributed by atoms with van der Waals surface area (Å²) in [6.45, 7) is 2.47. The van der Waals surface area contributed by atoms with Crippen LogP contribution in [0.5, 0.6) is 0 Å². The first-order valence-electron chi connectivity index (χ1n) is 9.25. The van der Waals surface area contributed by atoms with Gasteiger partial charge in [0.1, 0.15) is 0 Å². The molecule has 0 atom stereocenters. The minimum atomic E-state index is -0.340. The number of benzene rings is 2. The van der Waals surface area contributed by atoms with Gasteiger partial charge in [0, 0.05) is 5.69 Å². The average molecular weight is 399 g/mol. The van der Waals surface area contributed by atoms with E-state index in [1.165, 1.54) is 11.8 Å². The number of nitrogens with zero attached hydrogens (tertiary/aromatic N) is 1. The van der Waals surface area contributed by atoms with Gasteiger partial charge in [0.2, 0.25) is 5.91 Å². The van der Waals surface area contributed by atoms with Crippen LogP contribution in [0.25, 0.3) is 11.0 Å². The Morgan fingerprint density at radius 2 is 1.89 bits per heavy atom. The van der Waals surface area contributed by atoms with Crippen LogP contribution in [-0.4, -0.2) is 29.2 Å². The largest absolute Gasteiger partial charge is 0.462 e. The third kappa shape index (κ3) is 4.92. The summed E-state index contributed by atoms with van der Waals surface area (Å²) < 4.78 is 7.21. The third-order valence-electron chi connectivity index (χ3n) is 4.29. The fraction of sp³-hybridized carbons (Fsp3) is 0.286. The number of rotatable bonds is 8. The number of unbranched alkanes of at least 4 members (excludes halogenated alkanes) is 1. The summed E-state index contributed by atoms with van der Waals surface area (Å²) >= 11 is 1.44. The lowest BCUT2D eigenvalue weighted by Crippen LogP contribution is -2.29. The predicted octanol–water partition coefficient (Wildman–Crippen LogP) is 3.68. The van der Waals surface area contributed by atoms with Gasteiger partial charge in [-0.1, -0.05) is 25.5 Å². The van der Waals surface area contributed by atoms with Crippen molar-refractivity contribution in [2.75, 3.05) is 17.7 Å². The lowest BCUT2D eigenvalue weighted by atomic mass is 10.2. The molecule has 1 aromatic heterocycles. The Bertz CT molecular complexity index is 967. The maximum atomic E-state index is 12.3. The molecule has 0 unspecified atom stereocenters. The number of hydrogen-bond donors (Lipinski definition) is 2. The van der Waals surface area contributed by atoms with Crippen molar-refractivity contribution < 1.29 is 18.9 Å². The molecule has 7 heteroatoms. The second kappa shape index (κ2) is 9.41. The van der Waals surface area contributed by atoms with Crippen LogP contribution >= 0.6 is 11.8 Å². The van der Waals surface area contributed by atoms with E-state index < -0.39 is 0 Å². The van der Waals surface area contributed by atoms with Gasteiger partial charge in [0.05, 0.1) is 25.0 Å². The number of carbonyl (C=O) groups excluding carboxylic acids is 2. The van der Waals surface area contributed by atoms with Gasteiger partial charge in [-0.05, 0) is 54.6 Å². The first-order valence-corrected chi connectivity index (χ1v) is 10.2. The number of aromatic amines is 1. The lowest BCUT2D eigenvalue weighted by Gasteiger charge is -2.06. The molecule has 146 valence electrons. The van der Waals surface area contributed by atoms with Crippen LogP contribution in [0.4, 0.5) is 5.69 Å². The molecule has 0 aliphatic heterocycles. The highest BCUT2D eigenvalue weighted by atomic mass is 32.2. The predicted molar refractivity (Wildman–Crippen MR) is 110 cm³/mol. The zero-order chi connectivity index (χ0) is 19.9. The topological polar surface area (TPSA) is 75.1 Å². The van der Waals surface area contributed by atoms with Crippen molar-refractivity contribution in [1.82, 2.24) is 4.98 Å². The number of ether oxygens (including phenoxy) is 1. The Balaban J connectivity index is 1.53. The SMILES string of the molecule is CCCCOC(=O)c1ccc(NC(=O)CSc2[nH]c3ccccc3[n+]2C)cc1. The summed E-state index contributed by atoms with van der Waals surface area (Å²) in [6.07, 6.45) is 1.83. The molecule has 0 fully saturated rings. The summed E-state index contributed by atoms with van der Waals surface area (Å²) in [7, 11) is 1.97. The van der Waals surface area contributed by atoms with Crippen molar-refractivity contribution in [3.63, 3.8) is 0 Å². The molecule has 2 aromatic carbocycles. The van der Waals surface area contributed by atoms with Crippen molar-refractivity contribution in [1.29, 1.82) is 0 Å². The van der Waals surface area contributed by atoms with E-state index in [0.717, 1.165) is 29.0 Å². The molecular formula is C21H24N3O3S+. The van der Waals surface area contributed by atoms with Crippen molar-refractivity contribution in [2.24, 2.45) is 7.05 Å². The summed E-state index contributed by atoms with van der Waals surface area (Å²) in [5.74, 6) is -0.170. The molecule has 1 amide bonds. The molecule has 0 bridgehead atoms. The van der Waals surface area contributed by atoms with E-state index in [4.69, 9.17) is 4.74 Å². The Labute approximate surface area is 168 Å². The van der Waals surface area contributed by atoms with Crippen molar-refractivity contribution >= 4 is 40.4 Å². The maximum absolute atomic E-state index is 12.3. The van der Waals surface area contributed by atoms with Gasteiger partial charge in [-0.25, -0.2) is 14.3 Å². The fourth-order valence-corrected chi connectivity index (χ4v) is 3.54. The monoisotopic (exact) mass is 398 g/mol. The molecule has 0 saturated carbocycles. The number of thioether (sulfide) groups is 1. The number of H-pyrrole nitrogens is 1. The zero-order valence-electron chi connectivity index (χ0n) is 16.0. The van der Waals surface area contributed by atoms with Crippen molar-refractivity contribution in [3.8, 4) is 0 Å². The molecule has 3 rings (SSSR count). The standard InChI is InChI=1S/C21H23N3O3S/c1-3-4-13-27-20(26)15-9-11-16(12-10-15)22-19(25)14-28-21-23-17-7-5-6-8-18(17)24(21)2/h5-12H,3-4,13-14H2,1-2H3,(H,22,25,26)/p+1. The van der Waals surface area contributed by atoms with Crippen LogP contribution in [0.1, 0.15) is 30.1 Å². The van der Waals surface area contributed by atoms with Crippen LogP contribution in [-0.2, 0) is 16.6 Å². The number of hydrogen-bond acceptors (Lipinski definition) is 4. The van der Waals surface area contributed by atoms with Crippen LogP contribution in [0.15, 0.2) is 53.7 Å². The van der Waals surface area contributed by atoms with E-state index in [1.807, 2.05) is 42.8 Å². The van der Waals surface area contributed by atoms with E-state index >= 15 is 0 Å². The maximum Gasteiger partial charge on any atom is 0.338 e.